The summed E-state index contributed by atoms with van der Waals surface area (Å²) in [7, 11) is 0. The monoisotopic (exact) mass is 357 g/mol. The average molecular weight is 358 g/mol. The van der Waals surface area contributed by atoms with Crippen LogP contribution in [-0.4, -0.2) is 25.8 Å². The van der Waals surface area contributed by atoms with Gasteiger partial charge >= 0.3 is 5.69 Å². The zero-order valence-electron chi connectivity index (χ0n) is 10.5. The standard InChI is InChI=1S/C11H12BrN5O2S/c1-2-17-10(18)14-15-11(17)20-8-5-6(12)3-4-7(8)9(13)16-19/h3-5,19H,2H2,1H3,(H2,13,16)(H,14,18). The number of H-pyrrole nitrogens is 1. The molecule has 0 radical (unpaired) electrons. The molecule has 2 rings (SSSR count). The van der Waals surface area contributed by atoms with Gasteiger partial charge in [-0.05, 0) is 36.9 Å². The predicted molar refractivity (Wildman–Crippen MR) is 79.3 cm³/mol. The molecule has 106 valence electrons. The number of nitrogens with one attached hydrogen (secondary N) is 1. The Hall–Kier alpha value is -1.74. The molecule has 2 aromatic rings. The van der Waals surface area contributed by atoms with E-state index in [1.54, 1.807) is 12.1 Å². The molecule has 0 bridgehead atoms. The second-order valence-corrected chi connectivity index (χ2v) is 5.71. The molecule has 0 spiro atoms. The van der Waals surface area contributed by atoms with Crippen LogP contribution in [0.5, 0.6) is 0 Å². The fourth-order valence-electron chi connectivity index (χ4n) is 1.60. The van der Waals surface area contributed by atoms with Gasteiger partial charge in [0.1, 0.15) is 0 Å². The van der Waals surface area contributed by atoms with E-state index < -0.39 is 0 Å². The lowest BCUT2D eigenvalue weighted by Crippen LogP contribution is -2.16. The Balaban J connectivity index is 2.47. The smallest absolute Gasteiger partial charge is 0.343 e. The molecule has 9 heteroatoms. The third kappa shape index (κ3) is 2.88. The van der Waals surface area contributed by atoms with E-state index in [-0.39, 0.29) is 11.5 Å². The molecule has 1 aromatic carbocycles. The Morgan fingerprint density at radius 2 is 2.40 bits per heavy atom. The van der Waals surface area contributed by atoms with Crippen molar-refractivity contribution in [3.8, 4) is 0 Å². The lowest BCUT2D eigenvalue weighted by atomic mass is 10.2. The van der Waals surface area contributed by atoms with E-state index >= 15 is 0 Å². The summed E-state index contributed by atoms with van der Waals surface area (Å²) >= 11 is 4.63. The van der Waals surface area contributed by atoms with Crippen LogP contribution in [0, 0.1) is 0 Å². The summed E-state index contributed by atoms with van der Waals surface area (Å²) in [5.74, 6) is 0.000862. The van der Waals surface area contributed by atoms with Crippen molar-refractivity contribution in [3.05, 3.63) is 38.7 Å². The number of aromatic nitrogens is 3. The molecule has 0 atom stereocenters. The van der Waals surface area contributed by atoms with Crippen LogP contribution in [0.1, 0.15) is 12.5 Å². The number of halogens is 1. The van der Waals surface area contributed by atoms with Crippen LogP contribution < -0.4 is 11.4 Å². The number of aromatic amines is 1. The van der Waals surface area contributed by atoms with Crippen molar-refractivity contribution in [3.63, 3.8) is 0 Å². The number of rotatable bonds is 4. The molecule has 0 unspecified atom stereocenters. The maximum absolute atomic E-state index is 11.5. The molecule has 0 fully saturated rings. The Bertz CT molecular complexity index is 709. The molecule has 0 aliphatic carbocycles. The number of nitrogens with two attached hydrogens (primary N) is 1. The molecule has 0 aliphatic heterocycles. The maximum Gasteiger partial charge on any atom is 0.343 e. The van der Waals surface area contributed by atoms with Crippen molar-refractivity contribution in [2.45, 2.75) is 23.5 Å². The molecule has 20 heavy (non-hydrogen) atoms. The number of oxime groups is 1. The minimum atomic E-state index is -0.268. The van der Waals surface area contributed by atoms with E-state index in [0.717, 1.165) is 9.37 Å². The lowest BCUT2D eigenvalue weighted by Gasteiger charge is -2.08. The van der Waals surface area contributed by atoms with Gasteiger partial charge in [0.25, 0.3) is 0 Å². The first kappa shape index (κ1) is 14.7. The maximum atomic E-state index is 11.5. The fourth-order valence-corrected chi connectivity index (χ4v) is 3.20. The van der Waals surface area contributed by atoms with Gasteiger partial charge in [0.05, 0.1) is 0 Å². The van der Waals surface area contributed by atoms with Crippen LogP contribution in [0.25, 0.3) is 0 Å². The van der Waals surface area contributed by atoms with E-state index in [1.165, 1.54) is 16.3 Å². The summed E-state index contributed by atoms with van der Waals surface area (Å²) < 4.78 is 2.34. The Morgan fingerprint density at radius 3 is 3.05 bits per heavy atom. The van der Waals surface area contributed by atoms with E-state index in [2.05, 4.69) is 31.3 Å². The summed E-state index contributed by atoms with van der Waals surface area (Å²) in [6, 6.07) is 5.33. The number of hydrogen-bond donors (Lipinski definition) is 3. The van der Waals surface area contributed by atoms with Gasteiger partial charge in [-0.25, -0.2) is 9.89 Å². The minimum absolute atomic E-state index is 0.000862. The third-order valence-electron chi connectivity index (χ3n) is 2.57. The van der Waals surface area contributed by atoms with E-state index in [0.29, 0.717) is 17.3 Å². The zero-order valence-corrected chi connectivity index (χ0v) is 12.9. The van der Waals surface area contributed by atoms with Crippen LogP contribution in [0.3, 0.4) is 0 Å². The summed E-state index contributed by atoms with van der Waals surface area (Å²) in [5.41, 5.74) is 5.95. The third-order valence-corrected chi connectivity index (χ3v) is 4.11. The van der Waals surface area contributed by atoms with Gasteiger partial charge in [0.2, 0.25) is 0 Å². The largest absolute Gasteiger partial charge is 0.409 e. The normalized spacial score (nSPS) is 11.8. The van der Waals surface area contributed by atoms with E-state index in [1.807, 2.05) is 13.0 Å². The second kappa shape index (κ2) is 6.14. The first-order valence-corrected chi connectivity index (χ1v) is 7.28. The Labute approximate surface area is 127 Å². The van der Waals surface area contributed by atoms with Gasteiger partial charge in [0.15, 0.2) is 11.0 Å². The zero-order chi connectivity index (χ0) is 14.7. The van der Waals surface area contributed by atoms with Crippen LogP contribution >= 0.6 is 27.7 Å². The summed E-state index contributed by atoms with van der Waals surface area (Å²) in [4.78, 5) is 12.3. The van der Waals surface area contributed by atoms with Crippen molar-refractivity contribution in [1.82, 2.24) is 14.8 Å². The van der Waals surface area contributed by atoms with Crippen molar-refractivity contribution in [2.75, 3.05) is 0 Å². The van der Waals surface area contributed by atoms with Crippen LogP contribution in [0.15, 0.2) is 42.7 Å². The highest BCUT2D eigenvalue weighted by atomic mass is 79.9. The molecular formula is C11H12BrN5O2S. The van der Waals surface area contributed by atoms with Crippen molar-refractivity contribution < 1.29 is 5.21 Å². The molecule has 4 N–H and O–H groups in total. The molecule has 7 nitrogen and oxygen atoms in total. The highest BCUT2D eigenvalue weighted by molar-refractivity contribution is 9.10. The minimum Gasteiger partial charge on any atom is -0.409 e. The van der Waals surface area contributed by atoms with Gasteiger partial charge in [-0.1, -0.05) is 21.1 Å². The summed E-state index contributed by atoms with van der Waals surface area (Å²) in [6.07, 6.45) is 0. The van der Waals surface area contributed by atoms with Crippen molar-refractivity contribution >= 4 is 33.5 Å². The molecule has 0 saturated heterocycles. The topological polar surface area (TPSA) is 109 Å². The van der Waals surface area contributed by atoms with Crippen LogP contribution in [0.2, 0.25) is 0 Å². The van der Waals surface area contributed by atoms with Gasteiger partial charge in [-0.3, -0.25) is 4.57 Å². The second-order valence-electron chi connectivity index (χ2n) is 3.78. The summed E-state index contributed by atoms with van der Waals surface area (Å²) in [6.45, 7) is 2.36. The van der Waals surface area contributed by atoms with E-state index in [4.69, 9.17) is 10.9 Å². The van der Waals surface area contributed by atoms with Crippen LogP contribution in [-0.2, 0) is 6.54 Å². The predicted octanol–water partition coefficient (Wildman–Crippen LogP) is 1.60. The Morgan fingerprint density at radius 1 is 1.65 bits per heavy atom. The number of benzene rings is 1. The molecule has 0 amide bonds. The van der Waals surface area contributed by atoms with Gasteiger partial charge in [-0.2, -0.15) is 0 Å². The summed E-state index contributed by atoms with van der Waals surface area (Å²) in [5, 5.41) is 18.7. The quantitative estimate of drug-likeness (QED) is 0.333. The number of amidine groups is 1. The van der Waals surface area contributed by atoms with Crippen LogP contribution in [0.4, 0.5) is 0 Å². The van der Waals surface area contributed by atoms with E-state index in [9.17, 15) is 4.79 Å². The number of nitrogens with zero attached hydrogens (tertiary/aromatic N) is 3. The first-order valence-electron chi connectivity index (χ1n) is 5.67. The van der Waals surface area contributed by atoms with Crippen molar-refractivity contribution in [1.29, 1.82) is 0 Å². The van der Waals surface area contributed by atoms with Gasteiger partial charge in [0, 0.05) is 21.5 Å². The number of hydrogen-bond acceptors (Lipinski definition) is 5. The average Bonchev–Trinajstić information content (AvgIpc) is 2.78. The molecule has 1 aromatic heterocycles. The first-order chi connectivity index (χ1) is 9.56. The molecule has 1 heterocycles. The fraction of sp³-hybridized carbons (Fsp3) is 0.182. The Kier molecular flexibility index (Phi) is 4.50. The highest BCUT2D eigenvalue weighted by Crippen LogP contribution is 2.30. The molecular weight excluding hydrogens is 346 g/mol. The van der Waals surface area contributed by atoms with Gasteiger partial charge < -0.3 is 10.9 Å². The SMILES string of the molecule is CCn1c(Sc2cc(Br)ccc2/C(N)=N/O)n[nH]c1=O. The van der Waals surface area contributed by atoms with Crippen molar-refractivity contribution in [2.24, 2.45) is 10.9 Å². The lowest BCUT2D eigenvalue weighted by molar-refractivity contribution is 0.318. The highest BCUT2D eigenvalue weighted by Gasteiger charge is 2.14. The van der Waals surface area contributed by atoms with Gasteiger partial charge in [-0.15, -0.1) is 5.10 Å². The molecule has 0 saturated carbocycles. The molecule has 0 aliphatic rings.